The summed E-state index contributed by atoms with van der Waals surface area (Å²) in [6.07, 6.45) is 3.78. The Balaban J connectivity index is 1.82. The van der Waals surface area contributed by atoms with Gasteiger partial charge in [0.1, 0.15) is 17.6 Å². The van der Waals surface area contributed by atoms with Crippen LogP contribution >= 0.6 is 0 Å². The maximum absolute atomic E-state index is 13.2. The lowest BCUT2D eigenvalue weighted by Crippen LogP contribution is -2.08. The van der Waals surface area contributed by atoms with Gasteiger partial charge in [-0.25, -0.2) is 0 Å². The third-order valence-corrected chi connectivity index (χ3v) is 4.79. The van der Waals surface area contributed by atoms with Crippen LogP contribution in [0.15, 0.2) is 45.8 Å². The second-order valence-electron chi connectivity index (χ2n) is 6.99. The predicted octanol–water partition coefficient (Wildman–Crippen LogP) is 4.50. The number of aryl methyl sites for hydroxylation is 1. The fourth-order valence-corrected chi connectivity index (χ4v) is 3.45. The van der Waals surface area contributed by atoms with E-state index in [9.17, 15) is 9.59 Å². The summed E-state index contributed by atoms with van der Waals surface area (Å²) < 4.78 is 22.4. The van der Waals surface area contributed by atoms with Crippen molar-refractivity contribution >= 4 is 16.9 Å². The molecule has 2 aromatic carbocycles. The Kier molecular flexibility index (Phi) is 5.25. The molecule has 0 N–H and O–H groups in total. The van der Waals surface area contributed by atoms with Crippen molar-refractivity contribution in [2.75, 3.05) is 13.2 Å². The topological polar surface area (TPSA) is 75.0 Å². The van der Waals surface area contributed by atoms with Crippen molar-refractivity contribution in [2.24, 2.45) is 0 Å². The Hall–Kier alpha value is -3.28. The van der Waals surface area contributed by atoms with Gasteiger partial charge in [-0.05, 0) is 35.7 Å². The first-order chi connectivity index (χ1) is 14.1. The summed E-state index contributed by atoms with van der Waals surface area (Å²) in [6.45, 7) is 4.55. The Labute approximate surface area is 168 Å². The molecule has 4 rings (SSSR count). The zero-order valence-electron chi connectivity index (χ0n) is 16.4. The molecule has 0 fully saturated rings. The highest BCUT2D eigenvalue weighted by Gasteiger charge is 2.17. The number of carbonyl (C=O) groups is 1. The molecule has 0 unspecified atom stereocenters. The zero-order chi connectivity index (χ0) is 20.4. The molecule has 1 aliphatic rings. The van der Waals surface area contributed by atoms with Gasteiger partial charge in [-0.2, -0.15) is 0 Å². The van der Waals surface area contributed by atoms with Crippen LogP contribution in [0.4, 0.5) is 0 Å². The molecule has 1 aromatic heterocycles. The fourth-order valence-electron chi connectivity index (χ4n) is 3.45. The molecule has 0 saturated heterocycles. The molecule has 0 amide bonds. The molecule has 0 spiro atoms. The lowest BCUT2D eigenvalue weighted by atomic mass is 10.0. The van der Waals surface area contributed by atoms with Crippen LogP contribution in [0.5, 0.6) is 17.2 Å². The minimum absolute atomic E-state index is 0.146. The van der Waals surface area contributed by atoms with E-state index in [0.29, 0.717) is 59.0 Å². The Bertz CT molecular complexity index is 1130. The summed E-state index contributed by atoms with van der Waals surface area (Å²) in [4.78, 5) is 24.6. The molecule has 0 atom stereocenters. The van der Waals surface area contributed by atoms with Crippen LogP contribution in [0.3, 0.4) is 0 Å². The summed E-state index contributed by atoms with van der Waals surface area (Å²) in [5.74, 6) is 1.32. The highest BCUT2D eigenvalue weighted by Crippen LogP contribution is 2.34. The molecule has 150 valence electrons. The molecular formula is C23H22O6. The van der Waals surface area contributed by atoms with Crippen LogP contribution in [-0.2, 0) is 11.2 Å². The molecule has 0 radical (unpaired) electrons. The Morgan fingerprint density at radius 1 is 1.10 bits per heavy atom. The first-order valence-electron chi connectivity index (χ1n) is 9.73. The van der Waals surface area contributed by atoms with Crippen molar-refractivity contribution in [3.8, 4) is 28.4 Å². The molecule has 0 aliphatic carbocycles. The number of hydrogen-bond donors (Lipinski definition) is 0. The number of ether oxygens (including phenoxy) is 3. The maximum Gasteiger partial charge on any atom is 0.308 e. The number of benzene rings is 2. The Morgan fingerprint density at radius 3 is 2.66 bits per heavy atom. The van der Waals surface area contributed by atoms with Crippen LogP contribution in [0, 0.1) is 0 Å². The minimum atomic E-state index is -0.409. The zero-order valence-corrected chi connectivity index (χ0v) is 16.4. The smallest absolute Gasteiger partial charge is 0.308 e. The van der Waals surface area contributed by atoms with Crippen LogP contribution in [0.2, 0.25) is 0 Å². The van der Waals surface area contributed by atoms with Crippen molar-refractivity contribution in [3.63, 3.8) is 0 Å². The standard InChI is InChI=1S/C23H22O6/c1-3-5-16-10-17-21(12-20(16)29-14(2)24)28-13-18(23(17)25)15-6-7-19-22(11-15)27-9-4-8-26-19/h6-7,10-13H,3-5,8-9H2,1-2H3. The van der Waals surface area contributed by atoms with Crippen molar-refractivity contribution in [2.45, 2.75) is 33.1 Å². The molecule has 6 nitrogen and oxygen atoms in total. The van der Waals surface area contributed by atoms with E-state index in [0.717, 1.165) is 18.4 Å². The van der Waals surface area contributed by atoms with Crippen molar-refractivity contribution in [1.29, 1.82) is 0 Å². The van der Waals surface area contributed by atoms with Gasteiger partial charge in [-0.15, -0.1) is 0 Å². The largest absolute Gasteiger partial charge is 0.490 e. The van der Waals surface area contributed by atoms with Crippen molar-refractivity contribution in [1.82, 2.24) is 0 Å². The quantitative estimate of drug-likeness (QED) is 0.479. The first kappa shape index (κ1) is 19.1. The number of esters is 1. The summed E-state index contributed by atoms with van der Waals surface area (Å²) >= 11 is 0. The summed E-state index contributed by atoms with van der Waals surface area (Å²) in [7, 11) is 0. The normalized spacial score (nSPS) is 13.2. The molecule has 2 heterocycles. The third-order valence-electron chi connectivity index (χ3n) is 4.79. The Morgan fingerprint density at radius 2 is 1.90 bits per heavy atom. The van der Waals surface area contributed by atoms with E-state index in [-0.39, 0.29) is 5.43 Å². The maximum atomic E-state index is 13.2. The molecule has 0 bridgehead atoms. The van der Waals surface area contributed by atoms with Gasteiger partial charge in [0.25, 0.3) is 0 Å². The summed E-state index contributed by atoms with van der Waals surface area (Å²) in [6, 6.07) is 8.81. The highest BCUT2D eigenvalue weighted by atomic mass is 16.5. The monoisotopic (exact) mass is 394 g/mol. The van der Waals surface area contributed by atoms with Crippen molar-refractivity contribution < 1.29 is 23.4 Å². The van der Waals surface area contributed by atoms with Crippen LogP contribution in [0.1, 0.15) is 32.3 Å². The van der Waals surface area contributed by atoms with Crippen LogP contribution in [0.25, 0.3) is 22.1 Å². The molecule has 1 aliphatic heterocycles. The van der Waals surface area contributed by atoms with Gasteiger partial charge in [0.05, 0.1) is 24.2 Å². The molecule has 6 heteroatoms. The second kappa shape index (κ2) is 7.99. The summed E-state index contributed by atoms with van der Waals surface area (Å²) in [5, 5.41) is 0.453. The SMILES string of the molecule is CCCc1cc2c(=O)c(-c3ccc4c(c3)OCCCO4)coc2cc1OC(C)=O. The fraction of sp³-hybridized carbons (Fsp3) is 0.304. The van der Waals surface area contributed by atoms with E-state index >= 15 is 0 Å². The lowest BCUT2D eigenvalue weighted by Gasteiger charge is -2.11. The van der Waals surface area contributed by atoms with Gasteiger partial charge < -0.3 is 18.6 Å². The van der Waals surface area contributed by atoms with E-state index in [1.807, 2.05) is 19.1 Å². The summed E-state index contributed by atoms with van der Waals surface area (Å²) in [5.41, 5.74) is 2.18. The van der Waals surface area contributed by atoms with Gasteiger partial charge in [-0.3, -0.25) is 9.59 Å². The second-order valence-corrected chi connectivity index (χ2v) is 6.99. The van der Waals surface area contributed by atoms with E-state index in [1.54, 1.807) is 18.2 Å². The van der Waals surface area contributed by atoms with E-state index in [1.165, 1.54) is 13.2 Å². The molecule has 0 saturated carbocycles. The number of fused-ring (bicyclic) bond motifs is 2. The predicted molar refractivity (Wildman–Crippen MR) is 109 cm³/mol. The van der Waals surface area contributed by atoms with Crippen LogP contribution in [-0.4, -0.2) is 19.2 Å². The first-order valence-corrected chi connectivity index (χ1v) is 9.73. The van der Waals surface area contributed by atoms with Gasteiger partial charge in [0, 0.05) is 19.4 Å². The molecule has 29 heavy (non-hydrogen) atoms. The highest BCUT2D eigenvalue weighted by molar-refractivity contribution is 5.85. The number of hydrogen-bond acceptors (Lipinski definition) is 6. The van der Waals surface area contributed by atoms with Crippen LogP contribution < -0.4 is 19.6 Å². The average Bonchev–Trinajstić information content (AvgIpc) is 2.94. The average molecular weight is 394 g/mol. The molecular weight excluding hydrogens is 372 g/mol. The number of rotatable bonds is 4. The van der Waals surface area contributed by atoms with Gasteiger partial charge in [0.15, 0.2) is 11.5 Å². The number of carbonyl (C=O) groups excluding carboxylic acids is 1. The molecule has 3 aromatic rings. The van der Waals surface area contributed by atoms with Crippen molar-refractivity contribution in [3.05, 3.63) is 52.4 Å². The minimum Gasteiger partial charge on any atom is -0.490 e. The van der Waals surface area contributed by atoms with Gasteiger partial charge >= 0.3 is 5.97 Å². The van der Waals surface area contributed by atoms with E-state index in [4.69, 9.17) is 18.6 Å². The lowest BCUT2D eigenvalue weighted by molar-refractivity contribution is -0.131. The van der Waals surface area contributed by atoms with Gasteiger partial charge in [-0.1, -0.05) is 19.4 Å². The van der Waals surface area contributed by atoms with Gasteiger partial charge in [0.2, 0.25) is 5.43 Å². The third kappa shape index (κ3) is 3.83. The van der Waals surface area contributed by atoms with E-state index in [2.05, 4.69) is 0 Å². The van der Waals surface area contributed by atoms with E-state index < -0.39 is 5.97 Å².